The third kappa shape index (κ3) is 2.86. The van der Waals surface area contributed by atoms with Gasteiger partial charge in [-0.3, -0.25) is 4.90 Å². The molecule has 3 heteroatoms. The molecule has 13 heavy (non-hydrogen) atoms. The highest BCUT2D eigenvalue weighted by molar-refractivity contribution is 5.12. The molecule has 74 valence electrons. The van der Waals surface area contributed by atoms with Gasteiger partial charge in [0.05, 0.1) is 12.8 Å². The van der Waals surface area contributed by atoms with Crippen molar-refractivity contribution in [2.75, 3.05) is 13.1 Å². The molecular weight excluding hydrogens is 164 g/mol. The maximum Gasteiger partial charge on any atom is 0.117 e. The summed E-state index contributed by atoms with van der Waals surface area (Å²) in [7, 11) is 0. The zero-order valence-electron chi connectivity index (χ0n) is 8.42. The molecule has 0 saturated heterocycles. The second-order valence-corrected chi connectivity index (χ2v) is 3.09. The zero-order chi connectivity index (χ0) is 9.68. The van der Waals surface area contributed by atoms with Crippen LogP contribution in [0.4, 0.5) is 0 Å². The Hall–Kier alpha value is -0.800. The van der Waals surface area contributed by atoms with Gasteiger partial charge in [0.25, 0.3) is 0 Å². The summed E-state index contributed by atoms with van der Waals surface area (Å²) in [5.41, 5.74) is 6.66. The van der Waals surface area contributed by atoms with Gasteiger partial charge < -0.3 is 10.2 Å². The summed E-state index contributed by atoms with van der Waals surface area (Å²) in [5.74, 6) is 0.863. The van der Waals surface area contributed by atoms with Crippen LogP contribution in [0.2, 0.25) is 0 Å². The smallest absolute Gasteiger partial charge is 0.117 e. The molecule has 1 aromatic heterocycles. The van der Waals surface area contributed by atoms with Crippen LogP contribution in [0.1, 0.15) is 25.2 Å². The number of rotatable bonds is 5. The van der Waals surface area contributed by atoms with E-state index in [1.54, 1.807) is 6.26 Å². The second kappa shape index (κ2) is 5.04. The molecule has 3 nitrogen and oxygen atoms in total. The van der Waals surface area contributed by atoms with E-state index in [0.29, 0.717) is 6.54 Å². The minimum Gasteiger partial charge on any atom is -0.468 e. The molecule has 0 saturated carbocycles. The Morgan fingerprint density at radius 1 is 1.38 bits per heavy atom. The van der Waals surface area contributed by atoms with Crippen LogP contribution in [-0.4, -0.2) is 18.0 Å². The normalized spacial score (nSPS) is 11.1. The standard InChI is InChI=1S/C10H18N2O/c1-3-12(4-2)7-9-5-10(6-11)13-8-9/h5,8H,3-4,6-7,11H2,1-2H3. The number of hydrogen-bond acceptors (Lipinski definition) is 3. The van der Waals surface area contributed by atoms with Crippen LogP contribution in [0.15, 0.2) is 16.7 Å². The molecule has 1 rings (SSSR count). The predicted molar refractivity (Wildman–Crippen MR) is 53.2 cm³/mol. The summed E-state index contributed by atoms with van der Waals surface area (Å²) in [4.78, 5) is 2.34. The van der Waals surface area contributed by atoms with Crippen molar-refractivity contribution in [3.05, 3.63) is 23.7 Å². The van der Waals surface area contributed by atoms with Gasteiger partial charge in [-0.1, -0.05) is 13.8 Å². The Bertz CT molecular complexity index is 241. The fraction of sp³-hybridized carbons (Fsp3) is 0.600. The Morgan fingerprint density at radius 2 is 2.08 bits per heavy atom. The first kappa shape index (κ1) is 10.3. The molecule has 0 unspecified atom stereocenters. The van der Waals surface area contributed by atoms with Gasteiger partial charge in [-0.15, -0.1) is 0 Å². The minimum absolute atomic E-state index is 0.484. The minimum atomic E-state index is 0.484. The molecule has 2 N–H and O–H groups in total. The molecule has 1 heterocycles. The fourth-order valence-electron chi connectivity index (χ4n) is 1.32. The van der Waals surface area contributed by atoms with E-state index in [2.05, 4.69) is 18.7 Å². The first-order valence-corrected chi connectivity index (χ1v) is 4.78. The summed E-state index contributed by atoms with van der Waals surface area (Å²) >= 11 is 0. The SMILES string of the molecule is CCN(CC)Cc1coc(CN)c1. The first-order chi connectivity index (χ1) is 6.30. The largest absolute Gasteiger partial charge is 0.468 e. The number of nitrogens with zero attached hydrogens (tertiary/aromatic N) is 1. The van der Waals surface area contributed by atoms with Crippen LogP contribution in [0.5, 0.6) is 0 Å². The quantitative estimate of drug-likeness (QED) is 0.751. The predicted octanol–water partition coefficient (Wildman–Crippen LogP) is 1.58. The lowest BCUT2D eigenvalue weighted by molar-refractivity contribution is 0.295. The fourth-order valence-corrected chi connectivity index (χ4v) is 1.32. The van der Waals surface area contributed by atoms with Gasteiger partial charge in [0.2, 0.25) is 0 Å². The third-order valence-corrected chi connectivity index (χ3v) is 2.21. The van der Waals surface area contributed by atoms with Crippen LogP contribution < -0.4 is 5.73 Å². The Kier molecular flexibility index (Phi) is 3.99. The third-order valence-electron chi connectivity index (χ3n) is 2.21. The lowest BCUT2D eigenvalue weighted by Gasteiger charge is -2.16. The molecule has 1 aromatic rings. The van der Waals surface area contributed by atoms with Crippen molar-refractivity contribution in [2.45, 2.75) is 26.9 Å². The lowest BCUT2D eigenvalue weighted by atomic mass is 10.3. The van der Waals surface area contributed by atoms with E-state index < -0.39 is 0 Å². The number of furan rings is 1. The molecule has 0 fully saturated rings. The second-order valence-electron chi connectivity index (χ2n) is 3.09. The van der Waals surface area contributed by atoms with Gasteiger partial charge >= 0.3 is 0 Å². The molecule has 0 atom stereocenters. The van der Waals surface area contributed by atoms with Crippen LogP contribution >= 0.6 is 0 Å². The highest BCUT2D eigenvalue weighted by atomic mass is 16.3. The molecule has 0 bridgehead atoms. The maximum absolute atomic E-state index is 5.45. The monoisotopic (exact) mass is 182 g/mol. The van der Waals surface area contributed by atoms with E-state index in [-0.39, 0.29) is 0 Å². The van der Waals surface area contributed by atoms with Crippen LogP contribution in [0.25, 0.3) is 0 Å². The van der Waals surface area contributed by atoms with Gasteiger partial charge in [-0.25, -0.2) is 0 Å². The Labute approximate surface area is 79.5 Å². The molecule has 0 aliphatic carbocycles. The topological polar surface area (TPSA) is 42.4 Å². The van der Waals surface area contributed by atoms with Crippen molar-refractivity contribution in [3.63, 3.8) is 0 Å². The van der Waals surface area contributed by atoms with E-state index in [4.69, 9.17) is 10.2 Å². The molecule has 0 aliphatic heterocycles. The van der Waals surface area contributed by atoms with E-state index in [1.807, 2.05) is 6.07 Å². The van der Waals surface area contributed by atoms with Gasteiger partial charge in [-0.2, -0.15) is 0 Å². The highest BCUT2D eigenvalue weighted by Crippen LogP contribution is 2.09. The summed E-state index contributed by atoms with van der Waals surface area (Å²) in [6, 6.07) is 2.03. The lowest BCUT2D eigenvalue weighted by Crippen LogP contribution is -2.21. The van der Waals surface area contributed by atoms with E-state index in [9.17, 15) is 0 Å². The summed E-state index contributed by atoms with van der Waals surface area (Å²) in [6.07, 6.45) is 1.79. The molecule has 0 amide bonds. The molecule has 0 radical (unpaired) electrons. The average molecular weight is 182 g/mol. The summed E-state index contributed by atoms with van der Waals surface area (Å²) < 4.78 is 5.25. The van der Waals surface area contributed by atoms with E-state index in [0.717, 1.165) is 25.4 Å². The molecule has 0 aliphatic rings. The van der Waals surface area contributed by atoms with E-state index in [1.165, 1.54) is 5.56 Å². The van der Waals surface area contributed by atoms with Gasteiger partial charge in [0.15, 0.2) is 0 Å². The Balaban J connectivity index is 2.52. The maximum atomic E-state index is 5.45. The van der Waals surface area contributed by atoms with Crippen molar-refractivity contribution in [1.82, 2.24) is 4.90 Å². The van der Waals surface area contributed by atoms with Gasteiger partial charge in [0, 0.05) is 12.1 Å². The average Bonchev–Trinajstić information content (AvgIpc) is 2.61. The van der Waals surface area contributed by atoms with E-state index >= 15 is 0 Å². The first-order valence-electron chi connectivity index (χ1n) is 4.78. The molecule has 0 aromatic carbocycles. The van der Waals surface area contributed by atoms with Crippen LogP contribution in [0.3, 0.4) is 0 Å². The van der Waals surface area contributed by atoms with Crippen molar-refractivity contribution < 1.29 is 4.42 Å². The summed E-state index contributed by atoms with van der Waals surface area (Å²) in [6.45, 7) is 7.90. The van der Waals surface area contributed by atoms with Crippen molar-refractivity contribution in [1.29, 1.82) is 0 Å². The highest BCUT2D eigenvalue weighted by Gasteiger charge is 2.04. The molecular formula is C10H18N2O. The van der Waals surface area contributed by atoms with Crippen LogP contribution in [0, 0.1) is 0 Å². The van der Waals surface area contributed by atoms with Crippen molar-refractivity contribution in [2.24, 2.45) is 5.73 Å². The Morgan fingerprint density at radius 3 is 2.54 bits per heavy atom. The van der Waals surface area contributed by atoms with Gasteiger partial charge in [-0.05, 0) is 19.2 Å². The molecule has 0 spiro atoms. The number of hydrogen-bond donors (Lipinski definition) is 1. The summed E-state index contributed by atoms with van der Waals surface area (Å²) in [5, 5.41) is 0. The number of nitrogens with two attached hydrogens (primary N) is 1. The van der Waals surface area contributed by atoms with Gasteiger partial charge in [0.1, 0.15) is 5.76 Å². The van der Waals surface area contributed by atoms with Crippen molar-refractivity contribution in [3.8, 4) is 0 Å². The van der Waals surface area contributed by atoms with Crippen LogP contribution in [-0.2, 0) is 13.1 Å². The zero-order valence-corrected chi connectivity index (χ0v) is 8.42. The van der Waals surface area contributed by atoms with Crippen molar-refractivity contribution >= 4 is 0 Å².